The number of nitrogens with zero attached hydrogens (tertiary/aromatic N) is 1. The van der Waals surface area contributed by atoms with Crippen molar-refractivity contribution < 1.29 is 22.4 Å². The summed E-state index contributed by atoms with van der Waals surface area (Å²) in [5, 5.41) is 2.72. The van der Waals surface area contributed by atoms with Crippen molar-refractivity contribution in [1.82, 2.24) is 14.6 Å². The van der Waals surface area contributed by atoms with E-state index in [2.05, 4.69) is 10.3 Å². The lowest BCUT2D eigenvalue weighted by molar-refractivity contribution is 0.0730. The second-order valence-corrected chi connectivity index (χ2v) is 7.73. The molecule has 0 aromatic carbocycles. The molecule has 3 heterocycles. The summed E-state index contributed by atoms with van der Waals surface area (Å²) in [7, 11) is -3.67. The molecule has 1 fully saturated rings. The van der Waals surface area contributed by atoms with Crippen molar-refractivity contribution >= 4 is 15.9 Å². The van der Waals surface area contributed by atoms with Gasteiger partial charge in [0, 0.05) is 18.8 Å². The van der Waals surface area contributed by atoms with Crippen LogP contribution in [0.2, 0.25) is 0 Å². The number of H-pyrrole nitrogens is 1. The quantitative estimate of drug-likeness (QED) is 0.826. The number of aromatic amines is 1. The average molecular weight is 367 g/mol. The minimum absolute atomic E-state index is 0.164. The molecule has 1 aliphatic heterocycles. The van der Waals surface area contributed by atoms with Gasteiger partial charge in [-0.1, -0.05) is 0 Å². The second-order valence-electron chi connectivity index (χ2n) is 5.86. The molecule has 0 radical (unpaired) electrons. The van der Waals surface area contributed by atoms with E-state index in [0.717, 1.165) is 0 Å². The van der Waals surface area contributed by atoms with Gasteiger partial charge in [0.1, 0.15) is 16.3 Å². The first-order valence-electron chi connectivity index (χ1n) is 7.99. The fourth-order valence-electron chi connectivity index (χ4n) is 2.93. The SMILES string of the molecule is Cc1[nH]c(C(=O)NCc2ccco2)c(C)c1S(=O)(=O)N1CCOCC1. The van der Waals surface area contributed by atoms with Crippen molar-refractivity contribution in [3.8, 4) is 0 Å². The van der Waals surface area contributed by atoms with Gasteiger partial charge in [0.2, 0.25) is 10.0 Å². The van der Waals surface area contributed by atoms with Crippen LogP contribution in [0.3, 0.4) is 0 Å². The van der Waals surface area contributed by atoms with Gasteiger partial charge in [-0.05, 0) is 31.5 Å². The van der Waals surface area contributed by atoms with Gasteiger partial charge in [0.25, 0.3) is 5.91 Å². The Kier molecular flexibility index (Phi) is 4.98. The lowest BCUT2D eigenvalue weighted by Gasteiger charge is -2.26. The Morgan fingerprint density at radius 2 is 2.04 bits per heavy atom. The molecule has 8 nitrogen and oxygen atoms in total. The van der Waals surface area contributed by atoms with Crippen LogP contribution in [0.15, 0.2) is 27.7 Å². The molecular weight excluding hydrogens is 346 g/mol. The first-order chi connectivity index (χ1) is 11.9. The largest absolute Gasteiger partial charge is 0.467 e. The molecule has 0 spiro atoms. The van der Waals surface area contributed by atoms with Crippen LogP contribution in [0, 0.1) is 13.8 Å². The van der Waals surface area contributed by atoms with Crippen molar-refractivity contribution in [3.05, 3.63) is 41.1 Å². The molecule has 2 aromatic rings. The van der Waals surface area contributed by atoms with Gasteiger partial charge in [0.15, 0.2) is 0 Å². The van der Waals surface area contributed by atoms with Crippen LogP contribution in [0.5, 0.6) is 0 Å². The van der Waals surface area contributed by atoms with E-state index < -0.39 is 10.0 Å². The van der Waals surface area contributed by atoms with Gasteiger partial charge in [0.05, 0.1) is 26.0 Å². The van der Waals surface area contributed by atoms with Crippen molar-refractivity contribution in [3.63, 3.8) is 0 Å². The number of carbonyl (C=O) groups is 1. The molecule has 25 heavy (non-hydrogen) atoms. The number of nitrogens with one attached hydrogen (secondary N) is 2. The molecule has 0 aliphatic carbocycles. The lowest BCUT2D eigenvalue weighted by atomic mass is 10.2. The molecule has 2 aromatic heterocycles. The van der Waals surface area contributed by atoms with E-state index in [1.54, 1.807) is 26.0 Å². The Morgan fingerprint density at radius 1 is 1.32 bits per heavy atom. The third-order valence-electron chi connectivity index (χ3n) is 4.17. The number of sulfonamides is 1. The molecule has 0 atom stereocenters. The number of morpholine rings is 1. The summed E-state index contributed by atoms with van der Waals surface area (Å²) in [6, 6.07) is 3.49. The number of carbonyl (C=O) groups excluding carboxylic acids is 1. The van der Waals surface area contributed by atoms with Crippen molar-refractivity contribution in [2.45, 2.75) is 25.3 Å². The summed E-state index contributed by atoms with van der Waals surface area (Å²) in [6.07, 6.45) is 1.53. The summed E-state index contributed by atoms with van der Waals surface area (Å²) in [5.41, 5.74) is 1.11. The maximum absolute atomic E-state index is 12.9. The highest BCUT2D eigenvalue weighted by molar-refractivity contribution is 7.89. The van der Waals surface area contributed by atoms with Crippen LogP contribution in [0.1, 0.15) is 27.5 Å². The van der Waals surface area contributed by atoms with Crippen LogP contribution in [0.4, 0.5) is 0 Å². The van der Waals surface area contributed by atoms with Crippen LogP contribution in [-0.4, -0.2) is 49.9 Å². The molecule has 2 N–H and O–H groups in total. The number of rotatable bonds is 5. The van der Waals surface area contributed by atoms with Crippen LogP contribution in [0.25, 0.3) is 0 Å². The molecular formula is C16H21N3O5S. The lowest BCUT2D eigenvalue weighted by Crippen LogP contribution is -2.41. The van der Waals surface area contributed by atoms with E-state index in [1.165, 1.54) is 10.6 Å². The predicted octanol–water partition coefficient (Wildman–Crippen LogP) is 1.18. The topological polar surface area (TPSA) is 105 Å². The molecule has 136 valence electrons. The van der Waals surface area contributed by atoms with Gasteiger partial charge in [-0.25, -0.2) is 8.42 Å². The Hall–Kier alpha value is -2.10. The summed E-state index contributed by atoms with van der Waals surface area (Å²) in [6.45, 7) is 4.90. The minimum Gasteiger partial charge on any atom is -0.467 e. The minimum atomic E-state index is -3.67. The number of aromatic nitrogens is 1. The number of furan rings is 1. The number of ether oxygens (including phenoxy) is 1. The van der Waals surface area contributed by atoms with E-state index in [-0.39, 0.29) is 23.0 Å². The number of hydrogen-bond donors (Lipinski definition) is 2. The van der Waals surface area contributed by atoms with E-state index in [9.17, 15) is 13.2 Å². The third kappa shape index (κ3) is 3.48. The molecule has 1 amide bonds. The third-order valence-corrected chi connectivity index (χ3v) is 6.34. The first kappa shape index (κ1) is 17.7. The second kappa shape index (κ2) is 7.03. The Morgan fingerprint density at radius 3 is 2.68 bits per heavy atom. The fraction of sp³-hybridized carbons (Fsp3) is 0.438. The van der Waals surface area contributed by atoms with Gasteiger partial charge in [-0.3, -0.25) is 4.79 Å². The highest BCUT2D eigenvalue weighted by atomic mass is 32.2. The highest BCUT2D eigenvalue weighted by Gasteiger charge is 2.32. The zero-order valence-corrected chi connectivity index (χ0v) is 15.0. The first-order valence-corrected chi connectivity index (χ1v) is 9.43. The molecule has 0 unspecified atom stereocenters. The number of hydrogen-bond acceptors (Lipinski definition) is 5. The molecule has 0 bridgehead atoms. The van der Waals surface area contributed by atoms with Crippen molar-refractivity contribution in [2.75, 3.05) is 26.3 Å². The van der Waals surface area contributed by atoms with Gasteiger partial charge >= 0.3 is 0 Å². The Bertz CT molecular complexity index is 849. The Labute approximate surface area is 146 Å². The van der Waals surface area contributed by atoms with Crippen LogP contribution >= 0.6 is 0 Å². The summed E-state index contributed by atoms with van der Waals surface area (Å²) < 4.78 is 37.6. The summed E-state index contributed by atoms with van der Waals surface area (Å²) in [5.74, 6) is 0.246. The highest BCUT2D eigenvalue weighted by Crippen LogP contribution is 2.27. The zero-order chi connectivity index (χ0) is 18.0. The number of aryl methyl sites for hydroxylation is 1. The summed E-state index contributed by atoms with van der Waals surface area (Å²) >= 11 is 0. The maximum Gasteiger partial charge on any atom is 0.268 e. The number of amides is 1. The van der Waals surface area contributed by atoms with Crippen molar-refractivity contribution in [1.29, 1.82) is 0 Å². The van der Waals surface area contributed by atoms with Crippen LogP contribution in [-0.2, 0) is 21.3 Å². The smallest absolute Gasteiger partial charge is 0.268 e. The summed E-state index contributed by atoms with van der Waals surface area (Å²) in [4.78, 5) is 15.5. The maximum atomic E-state index is 12.9. The van der Waals surface area contributed by atoms with E-state index in [4.69, 9.17) is 9.15 Å². The van der Waals surface area contributed by atoms with E-state index in [0.29, 0.717) is 43.3 Å². The molecule has 1 aliphatic rings. The van der Waals surface area contributed by atoms with Gasteiger partial charge in [-0.2, -0.15) is 4.31 Å². The zero-order valence-electron chi connectivity index (χ0n) is 14.2. The molecule has 3 rings (SSSR count). The molecule has 9 heteroatoms. The monoisotopic (exact) mass is 367 g/mol. The average Bonchev–Trinajstić information content (AvgIpc) is 3.21. The van der Waals surface area contributed by atoms with Crippen LogP contribution < -0.4 is 5.32 Å². The normalized spacial score (nSPS) is 16.1. The predicted molar refractivity (Wildman–Crippen MR) is 89.7 cm³/mol. The molecule has 1 saturated heterocycles. The van der Waals surface area contributed by atoms with E-state index in [1.807, 2.05) is 0 Å². The van der Waals surface area contributed by atoms with Gasteiger partial charge in [-0.15, -0.1) is 0 Å². The van der Waals surface area contributed by atoms with Crippen molar-refractivity contribution in [2.24, 2.45) is 0 Å². The Balaban J connectivity index is 1.83. The van der Waals surface area contributed by atoms with Gasteiger partial charge < -0.3 is 19.5 Å². The fourth-order valence-corrected chi connectivity index (χ4v) is 4.75. The molecule has 0 saturated carbocycles. The van der Waals surface area contributed by atoms with E-state index >= 15 is 0 Å². The standard InChI is InChI=1S/C16H21N3O5S/c1-11-14(16(20)17-10-13-4-3-7-24-13)18-12(2)15(11)25(21,22)19-5-8-23-9-6-19/h3-4,7,18H,5-6,8-10H2,1-2H3,(H,17,20).